The number of guanidine groups is 1. The molecular formula is C25H44IN5O2. The van der Waals surface area contributed by atoms with Gasteiger partial charge in [-0.1, -0.05) is 6.92 Å². The molecule has 0 atom stereocenters. The minimum absolute atomic E-state index is 0. The van der Waals surface area contributed by atoms with E-state index in [1.54, 1.807) is 0 Å². The van der Waals surface area contributed by atoms with Gasteiger partial charge in [0.25, 0.3) is 0 Å². The summed E-state index contributed by atoms with van der Waals surface area (Å²) in [5.74, 6) is 2.41. The van der Waals surface area contributed by atoms with E-state index in [9.17, 15) is 0 Å². The molecule has 1 aromatic heterocycles. The summed E-state index contributed by atoms with van der Waals surface area (Å²) in [5, 5.41) is 7.04. The van der Waals surface area contributed by atoms with Crippen LogP contribution in [0.25, 0.3) is 0 Å². The van der Waals surface area contributed by atoms with Gasteiger partial charge in [-0.2, -0.15) is 0 Å². The first-order chi connectivity index (χ1) is 15.5. The highest BCUT2D eigenvalue weighted by Crippen LogP contribution is 2.26. The summed E-state index contributed by atoms with van der Waals surface area (Å²) in [7, 11) is 1.83. The number of rotatable bonds is 9. The second kappa shape index (κ2) is 15.0. The third-order valence-corrected chi connectivity index (χ3v) is 6.52. The monoisotopic (exact) mass is 573 g/mol. The van der Waals surface area contributed by atoms with E-state index in [1.165, 1.54) is 12.8 Å². The van der Waals surface area contributed by atoms with Crippen molar-refractivity contribution in [3.8, 4) is 5.88 Å². The fourth-order valence-electron chi connectivity index (χ4n) is 4.44. The Hall–Kier alpha value is -1.13. The van der Waals surface area contributed by atoms with E-state index in [4.69, 9.17) is 9.47 Å². The average molecular weight is 574 g/mol. The normalized spacial score (nSPS) is 22.6. The molecule has 2 N–H and O–H groups in total. The molecule has 3 rings (SSSR count). The van der Waals surface area contributed by atoms with Crippen molar-refractivity contribution in [3.63, 3.8) is 0 Å². The van der Waals surface area contributed by atoms with E-state index in [-0.39, 0.29) is 24.0 Å². The molecule has 1 saturated carbocycles. The van der Waals surface area contributed by atoms with Gasteiger partial charge in [-0.05, 0) is 69.9 Å². The standard InChI is InChI=1S/C25H43N5O2.HI/c1-19(2)31-16-15-30-13-10-22(11-14-30)29-25(26-4)28-18-21-9-12-27-24(17-21)32-23-7-5-20(3)6-8-23;/h9,12,17,19-20,22-23H,5-8,10-11,13-16,18H2,1-4H3,(H2,26,28,29);1H. The number of ether oxygens (including phenoxy) is 2. The maximum atomic E-state index is 6.15. The summed E-state index contributed by atoms with van der Waals surface area (Å²) in [6.07, 6.45) is 9.45. The SMILES string of the molecule is CN=C(NCc1ccnc(OC2CCC(C)CC2)c1)NC1CCN(CCOC(C)C)CC1.I. The van der Waals surface area contributed by atoms with Crippen molar-refractivity contribution in [2.45, 2.75) is 84.1 Å². The van der Waals surface area contributed by atoms with Crippen LogP contribution in [-0.4, -0.2) is 67.4 Å². The van der Waals surface area contributed by atoms with Gasteiger partial charge < -0.3 is 25.0 Å². The summed E-state index contributed by atoms with van der Waals surface area (Å²) in [6.45, 7) is 11.2. The van der Waals surface area contributed by atoms with Crippen LogP contribution in [0.15, 0.2) is 23.3 Å². The summed E-state index contributed by atoms with van der Waals surface area (Å²) >= 11 is 0. The summed E-state index contributed by atoms with van der Waals surface area (Å²) in [4.78, 5) is 11.3. The number of piperidine rings is 1. The maximum Gasteiger partial charge on any atom is 0.213 e. The van der Waals surface area contributed by atoms with Crippen LogP contribution in [0.5, 0.6) is 5.88 Å². The highest BCUT2D eigenvalue weighted by molar-refractivity contribution is 14.0. The Bertz CT molecular complexity index is 702. The van der Waals surface area contributed by atoms with Crippen LogP contribution in [0, 0.1) is 5.92 Å². The van der Waals surface area contributed by atoms with Crippen molar-refractivity contribution in [3.05, 3.63) is 23.9 Å². The van der Waals surface area contributed by atoms with Crippen LogP contribution in [0.1, 0.15) is 64.9 Å². The molecule has 0 amide bonds. The smallest absolute Gasteiger partial charge is 0.213 e. The number of aliphatic imine (C=N–C) groups is 1. The third-order valence-electron chi connectivity index (χ3n) is 6.52. The van der Waals surface area contributed by atoms with Crippen LogP contribution < -0.4 is 15.4 Å². The molecule has 0 unspecified atom stereocenters. The zero-order valence-corrected chi connectivity index (χ0v) is 23.2. The van der Waals surface area contributed by atoms with Gasteiger partial charge in [0.05, 0.1) is 12.7 Å². The van der Waals surface area contributed by atoms with Crippen molar-refractivity contribution in [2.24, 2.45) is 10.9 Å². The van der Waals surface area contributed by atoms with Gasteiger partial charge in [0, 0.05) is 51.5 Å². The lowest BCUT2D eigenvalue weighted by molar-refractivity contribution is 0.0532. The Morgan fingerprint density at radius 2 is 1.91 bits per heavy atom. The number of aromatic nitrogens is 1. The van der Waals surface area contributed by atoms with Crippen LogP contribution in [-0.2, 0) is 11.3 Å². The minimum atomic E-state index is 0. The second-order valence-electron chi connectivity index (χ2n) is 9.61. The highest BCUT2D eigenvalue weighted by Gasteiger charge is 2.21. The number of pyridine rings is 1. The quantitative estimate of drug-likeness (QED) is 0.262. The van der Waals surface area contributed by atoms with Crippen molar-refractivity contribution >= 4 is 29.9 Å². The molecule has 7 nitrogen and oxygen atoms in total. The molecular weight excluding hydrogens is 529 g/mol. The van der Waals surface area contributed by atoms with Crippen LogP contribution >= 0.6 is 24.0 Å². The van der Waals surface area contributed by atoms with Gasteiger partial charge >= 0.3 is 0 Å². The lowest BCUT2D eigenvalue weighted by Crippen LogP contribution is -2.49. The van der Waals surface area contributed by atoms with Crippen LogP contribution in [0.3, 0.4) is 0 Å². The Balaban J connectivity index is 0.00000385. The highest BCUT2D eigenvalue weighted by atomic mass is 127. The largest absolute Gasteiger partial charge is 0.474 e. The van der Waals surface area contributed by atoms with Crippen molar-refractivity contribution in [1.29, 1.82) is 0 Å². The van der Waals surface area contributed by atoms with Crippen LogP contribution in [0.4, 0.5) is 0 Å². The van der Waals surface area contributed by atoms with Crippen molar-refractivity contribution in [1.82, 2.24) is 20.5 Å². The number of hydrogen-bond donors (Lipinski definition) is 2. The molecule has 188 valence electrons. The molecule has 0 bridgehead atoms. The van der Waals surface area contributed by atoms with Crippen LogP contribution in [0.2, 0.25) is 0 Å². The van der Waals surface area contributed by atoms with Crippen molar-refractivity contribution in [2.75, 3.05) is 33.3 Å². The van der Waals surface area contributed by atoms with Gasteiger partial charge in [-0.25, -0.2) is 4.98 Å². The third kappa shape index (κ3) is 10.3. The van der Waals surface area contributed by atoms with E-state index < -0.39 is 0 Å². The predicted octanol–water partition coefficient (Wildman–Crippen LogP) is 4.21. The minimum Gasteiger partial charge on any atom is -0.474 e. The van der Waals surface area contributed by atoms with Gasteiger partial charge in [0.1, 0.15) is 6.10 Å². The fourth-order valence-corrected chi connectivity index (χ4v) is 4.44. The van der Waals surface area contributed by atoms with Gasteiger partial charge in [-0.15, -0.1) is 24.0 Å². The topological polar surface area (TPSA) is 71.0 Å². The lowest BCUT2D eigenvalue weighted by atomic mass is 9.89. The predicted molar refractivity (Wildman–Crippen MR) is 146 cm³/mol. The van der Waals surface area contributed by atoms with Gasteiger partial charge in [0.2, 0.25) is 5.88 Å². The molecule has 1 aliphatic carbocycles. The summed E-state index contributed by atoms with van der Waals surface area (Å²) < 4.78 is 11.8. The summed E-state index contributed by atoms with van der Waals surface area (Å²) in [6, 6.07) is 4.54. The lowest BCUT2D eigenvalue weighted by Gasteiger charge is -2.33. The first-order valence-electron chi connectivity index (χ1n) is 12.4. The molecule has 8 heteroatoms. The molecule has 33 heavy (non-hydrogen) atoms. The number of hydrogen-bond acceptors (Lipinski definition) is 5. The first-order valence-corrected chi connectivity index (χ1v) is 12.4. The number of halogens is 1. The zero-order chi connectivity index (χ0) is 22.8. The fraction of sp³-hybridized carbons (Fsp3) is 0.760. The molecule has 0 radical (unpaired) electrons. The molecule has 1 aromatic rings. The molecule has 1 saturated heterocycles. The second-order valence-corrected chi connectivity index (χ2v) is 9.61. The van der Waals surface area contributed by atoms with Gasteiger partial charge in [0.15, 0.2) is 5.96 Å². The Morgan fingerprint density at radius 3 is 2.58 bits per heavy atom. The van der Waals surface area contributed by atoms with Crippen molar-refractivity contribution < 1.29 is 9.47 Å². The Morgan fingerprint density at radius 1 is 1.18 bits per heavy atom. The Labute approximate surface area is 217 Å². The maximum absolute atomic E-state index is 6.15. The van der Waals surface area contributed by atoms with E-state index in [0.29, 0.717) is 24.8 Å². The molecule has 0 aromatic carbocycles. The average Bonchev–Trinajstić information content (AvgIpc) is 2.79. The molecule has 1 aliphatic heterocycles. The van der Waals surface area contributed by atoms with Gasteiger partial charge in [-0.3, -0.25) is 4.99 Å². The van der Waals surface area contributed by atoms with E-state index in [0.717, 1.165) is 75.2 Å². The first kappa shape index (κ1) is 28.1. The summed E-state index contributed by atoms with van der Waals surface area (Å²) in [5.41, 5.74) is 1.15. The molecule has 2 aliphatic rings. The van der Waals surface area contributed by atoms with E-state index in [1.807, 2.05) is 19.3 Å². The van der Waals surface area contributed by atoms with E-state index in [2.05, 4.69) is 52.3 Å². The number of nitrogens with zero attached hydrogens (tertiary/aromatic N) is 3. The Kier molecular flexibility index (Phi) is 12.8. The molecule has 0 spiro atoms. The zero-order valence-electron chi connectivity index (χ0n) is 20.9. The number of likely N-dealkylation sites (tertiary alicyclic amines) is 1. The number of nitrogens with one attached hydrogen (secondary N) is 2. The molecule has 2 heterocycles. The molecule has 2 fully saturated rings. The van der Waals surface area contributed by atoms with E-state index >= 15 is 0 Å².